The van der Waals surface area contributed by atoms with E-state index in [1.807, 2.05) is 6.92 Å². The zero-order valence-electron chi connectivity index (χ0n) is 13.6. The molecule has 0 saturated carbocycles. The first kappa shape index (κ1) is 15.0. The second kappa shape index (κ2) is 5.72. The smallest absolute Gasteiger partial charge is 0.152 e. The summed E-state index contributed by atoms with van der Waals surface area (Å²) in [4.78, 5) is 2.28. The van der Waals surface area contributed by atoms with Gasteiger partial charge in [-0.2, -0.15) is 0 Å². The van der Waals surface area contributed by atoms with Crippen LogP contribution in [0, 0.1) is 6.92 Å². The number of fused-ring (bicyclic) bond motifs is 1. The van der Waals surface area contributed by atoms with E-state index in [0.29, 0.717) is 6.54 Å². The number of rotatable bonds is 5. The fraction of sp³-hybridized carbons (Fsp3) is 0.529. The number of aliphatic hydroxyl groups excluding tert-OH is 1. The van der Waals surface area contributed by atoms with Gasteiger partial charge in [0, 0.05) is 12.2 Å². The third kappa shape index (κ3) is 2.39. The Bertz CT molecular complexity index is 666. The van der Waals surface area contributed by atoms with Gasteiger partial charge in [0.1, 0.15) is 5.82 Å². The number of aliphatic hydroxyl groups is 1. The van der Waals surface area contributed by atoms with E-state index in [9.17, 15) is 5.11 Å². The molecule has 1 aliphatic heterocycles. The maximum atomic E-state index is 9.94. The molecule has 1 aromatic carbocycles. The number of anilines is 1. The average molecular weight is 300 g/mol. The number of hydrogen-bond acceptors (Lipinski definition) is 4. The Labute approximate surface area is 131 Å². The van der Waals surface area contributed by atoms with Gasteiger partial charge in [-0.15, -0.1) is 10.2 Å². The molecule has 2 aromatic rings. The maximum absolute atomic E-state index is 9.94. The van der Waals surface area contributed by atoms with Crippen LogP contribution in [0.4, 0.5) is 5.69 Å². The molecule has 118 valence electrons. The van der Waals surface area contributed by atoms with E-state index in [2.05, 4.69) is 57.8 Å². The van der Waals surface area contributed by atoms with Gasteiger partial charge in [-0.1, -0.05) is 25.1 Å². The molecule has 1 N–H and O–H groups in total. The molecule has 3 rings (SSSR count). The van der Waals surface area contributed by atoms with Gasteiger partial charge in [0.2, 0.25) is 0 Å². The number of nitrogens with zero attached hydrogens (tertiary/aromatic N) is 4. The van der Waals surface area contributed by atoms with Gasteiger partial charge >= 0.3 is 0 Å². The van der Waals surface area contributed by atoms with E-state index in [-0.39, 0.29) is 12.1 Å². The first-order valence-electron chi connectivity index (χ1n) is 7.94. The molecule has 0 bridgehead atoms. The number of aryl methyl sites for hydroxylation is 1. The van der Waals surface area contributed by atoms with Crippen molar-refractivity contribution in [3.63, 3.8) is 0 Å². The Balaban J connectivity index is 1.96. The summed E-state index contributed by atoms with van der Waals surface area (Å²) in [6.07, 6.45) is 1.92. The highest BCUT2D eigenvalue weighted by molar-refractivity contribution is 5.61. The van der Waals surface area contributed by atoms with Gasteiger partial charge in [0.05, 0.1) is 18.7 Å². The lowest BCUT2D eigenvalue weighted by Crippen LogP contribution is -2.47. The van der Waals surface area contributed by atoms with Crippen molar-refractivity contribution in [2.75, 3.05) is 11.5 Å². The minimum absolute atomic E-state index is 0.128. The van der Waals surface area contributed by atoms with Crippen LogP contribution in [0.5, 0.6) is 0 Å². The standard InChI is InChI=1S/C17H24N4O/c1-4-9-20-13(2)18-19-16(20)11-21-15-8-6-5-7-14(15)10-17(21,3)12-22/h5-8,22H,4,9-12H2,1-3H3. The van der Waals surface area contributed by atoms with Crippen molar-refractivity contribution in [1.29, 1.82) is 0 Å². The van der Waals surface area contributed by atoms with Crippen LogP contribution in [-0.4, -0.2) is 32.0 Å². The predicted molar refractivity (Wildman–Crippen MR) is 86.9 cm³/mol. The molecule has 5 nitrogen and oxygen atoms in total. The van der Waals surface area contributed by atoms with E-state index in [1.165, 1.54) is 11.3 Å². The summed E-state index contributed by atoms with van der Waals surface area (Å²) in [6, 6.07) is 8.38. The summed E-state index contributed by atoms with van der Waals surface area (Å²) < 4.78 is 2.18. The Hall–Kier alpha value is -1.88. The lowest BCUT2D eigenvalue weighted by molar-refractivity contribution is 0.203. The monoisotopic (exact) mass is 300 g/mol. The quantitative estimate of drug-likeness (QED) is 0.920. The molecule has 5 heteroatoms. The largest absolute Gasteiger partial charge is 0.394 e. The van der Waals surface area contributed by atoms with E-state index >= 15 is 0 Å². The van der Waals surface area contributed by atoms with Crippen LogP contribution in [-0.2, 0) is 19.5 Å². The second-order valence-corrected chi connectivity index (χ2v) is 6.36. The molecule has 1 aromatic heterocycles. The van der Waals surface area contributed by atoms with Gasteiger partial charge < -0.3 is 14.6 Å². The minimum Gasteiger partial charge on any atom is -0.394 e. The van der Waals surface area contributed by atoms with Crippen LogP contribution >= 0.6 is 0 Å². The Kier molecular flexibility index (Phi) is 3.91. The second-order valence-electron chi connectivity index (χ2n) is 6.36. The molecule has 2 heterocycles. The number of benzene rings is 1. The molecule has 0 fully saturated rings. The summed E-state index contributed by atoms with van der Waals surface area (Å²) >= 11 is 0. The van der Waals surface area contributed by atoms with Gasteiger partial charge in [-0.05, 0) is 38.3 Å². The van der Waals surface area contributed by atoms with Crippen LogP contribution in [0.3, 0.4) is 0 Å². The number of aromatic nitrogens is 3. The predicted octanol–water partition coefficient (Wildman–Crippen LogP) is 2.31. The van der Waals surface area contributed by atoms with Crippen molar-refractivity contribution >= 4 is 5.69 Å². The molecule has 0 amide bonds. The number of para-hydroxylation sites is 1. The summed E-state index contributed by atoms with van der Waals surface area (Å²) in [7, 11) is 0. The molecule has 1 aliphatic rings. The van der Waals surface area contributed by atoms with Crippen molar-refractivity contribution in [2.45, 2.75) is 52.2 Å². The van der Waals surface area contributed by atoms with Crippen molar-refractivity contribution in [2.24, 2.45) is 0 Å². The summed E-state index contributed by atoms with van der Waals surface area (Å²) in [5.41, 5.74) is 2.21. The first-order valence-corrected chi connectivity index (χ1v) is 7.94. The fourth-order valence-electron chi connectivity index (χ4n) is 3.34. The Morgan fingerprint density at radius 1 is 1.27 bits per heavy atom. The summed E-state index contributed by atoms with van der Waals surface area (Å²) in [5.74, 6) is 1.92. The molecular formula is C17H24N4O. The molecular weight excluding hydrogens is 276 g/mol. The minimum atomic E-state index is -0.277. The van der Waals surface area contributed by atoms with Gasteiger partial charge in [0.25, 0.3) is 0 Å². The van der Waals surface area contributed by atoms with Crippen LogP contribution in [0.15, 0.2) is 24.3 Å². The van der Waals surface area contributed by atoms with Crippen molar-refractivity contribution in [1.82, 2.24) is 14.8 Å². The van der Waals surface area contributed by atoms with Crippen molar-refractivity contribution in [3.05, 3.63) is 41.5 Å². The SMILES string of the molecule is CCCn1c(C)nnc1CN1c2ccccc2CC1(C)CO. The Morgan fingerprint density at radius 2 is 2.05 bits per heavy atom. The lowest BCUT2D eigenvalue weighted by Gasteiger charge is -2.35. The maximum Gasteiger partial charge on any atom is 0.152 e. The summed E-state index contributed by atoms with van der Waals surface area (Å²) in [6.45, 7) is 8.00. The van der Waals surface area contributed by atoms with Crippen LogP contribution in [0.2, 0.25) is 0 Å². The first-order chi connectivity index (χ1) is 10.6. The van der Waals surface area contributed by atoms with Crippen molar-refractivity contribution < 1.29 is 5.11 Å². The van der Waals surface area contributed by atoms with Crippen LogP contribution in [0.1, 0.15) is 37.5 Å². The highest BCUT2D eigenvalue weighted by Gasteiger charge is 2.39. The molecule has 1 unspecified atom stereocenters. The fourth-order valence-corrected chi connectivity index (χ4v) is 3.34. The summed E-state index contributed by atoms with van der Waals surface area (Å²) in [5, 5.41) is 18.5. The van der Waals surface area contributed by atoms with Crippen LogP contribution in [0.25, 0.3) is 0 Å². The molecule has 1 atom stereocenters. The normalized spacial score (nSPS) is 20.5. The van der Waals surface area contributed by atoms with Gasteiger partial charge in [-0.25, -0.2) is 0 Å². The lowest BCUT2D eigenvalue weighted by atomic mass is 9.98. The molecule has 22 heavy (non-hydrogen) atoms. The Morgan fingerprint density at radius 3 is 2.77 bits per heavy atom. The van der Waals surface area contributed by atoms with E-state index < -0.39 is 0 Å². The van der Waals surface area contributed by atoms with Gasteiger partial charge in [-0.3, -0.25) is 0 Å². The highest BCUT2D eigenvalue weighted by Crippen LogP contribution is 2.39. The van der Waals surface area contributed by atoms with Crippen LogP contribution < -0.4 is 4.90 Å². The molecule has 0 aliphatic carbocycles. The average Bonchev–Trinajstić information content (AvgIpc) is 3.00. The topological polar surface area (TPSA) is 54.2 Å². The third-order valence-corrected chi connectivity index (χ3v) is 4.61. The number of hydrogen-bond donors (Lipinski definition) is 1. The molecule has 0 saturated heterocycles. The van der Waals surface area contributed by atoms with E-state index in [4.69, 9.17) is 0 Å². The highest BCUT2D eigenvalue weighted by atomic mass is 16.3. The third-order valence-electron chi connectivity index (χ3n) is 4.61. The molecule has 0 radical (unpaired) electrons. The van der Waals surface area contributed by atoms with Gasteiger partial charge in [0.15, 0.2) is 5.82 Å². The zero-order chi connectivity index (χ0) is 15.7. The van der Waals surface area contributed by atoms with E-state index in [0.717, 1.165) is 31.0 Å². The zero-order valence-corrected chi connectivity index (χ0v) is 13.6. The van der Waals surface area contributed by atoms with E-state index in [1.54, 1.807) is 0 Å². The molecule has 0 spiro atoms. The van der Waals surface area contributed by atoms with Crippen molar-refractivity contribution in [3.8, 4) is 0 Å².